The highest BCUT2D eigenvalue weighted by Crippen LogP contribution is 2.16. The van der Waals surface area contributed by atoms with Gasteiger partial charge in [0.05, 0.1) is 23.5 Å². The third-order valence-electron chi connectivity index (χ3n) is 3.23. The predicted molar refractivity (Wildman–Crippen MR) is 86.6 cm³/mol. The number of aromatic nitrogens is 2. The molecule has 0 saturated carbocycles. The van der Waals surface area contributed by atoms with Crippen molar-refractivity contribution in [3.05, 3.63) is 59.4 Å². The SMILES string of the molecule is Cc1ccc(C(=O)N(NC(=O)c2ccnnc2)C(C)(C)C)cc1. The second-order valence-electron chi connectivity index (χ2n) is 6.25. The minimum absolute atomic E-state index is 0.270. The molecule has 0 aliphatic heterocycles. The molecule has 0 fully saturated rings. The number of hydrogen-bond donors (Lipinski definition) is 1. The Kier molecular flexibility index (Phi) is 4.74. The van der Waals surface area contributed by atoms with Crippen molar-refractivity contribution < 1.29 is 9.59 Å². The molecule has 1 N–H and O–H groups in total. The summed E-state index contributed by atoms with van der Waals surface area (Å²) in [6, 6.07) is 8.76. The number of hydrogen-bond acceptors (Lipinski definition) is 4. The molecular weight excluding hydrogens is 292 g/mol. The van der Waals surface area contributed by atoms with Gasteiger partial charge in [0.2, 0.25) is 0 Å². The molecule has 0 spiro atoms. The summed E-state index contributed by atoms with van der Waals surface area (Å²) in [5.74, 6) is -0.678. The molecule has 1 aromatic heterocycles. The van der Waals surface area contributed by atoms with Crippen LogP contribution in [0.25, 0.3) is 0 Å². The van der Waals surface area contributed by atoms with Crippen LogP contribution < -0.4 is 5.43 Å². The van der Waals surface area contributed by atoms with Crippen LogP contribution >= 0.6 is 0 Å². The van der Waals surface area contributed by atoms with Crippen molar-refractivity contribution in [1.82, 2.24) is 20.6 Å². The first-order chi connectivity index (χ1) is 10.8. The summed E-state index contributed by atoms with van der Waals surface area (Å²) < 4.78 is 0. The smallest absolute Gasteiger partial charge is 0.267 e. The summed E-state index contributed by atoms with van der Waals surface area (Å²) in [4.78, 5) is 25.1. The molecular formula is C17H20N4O2. The maximum atomic E-state index is 12.8. The lowest BCUT2D eigenvalue weighted by Gasteiger charge is -2.35. The third-order valence-corrected chi connectivity index (χ3v) is 3.23. The van der Waals surface area contributed by atoms with Gasteiger partial charge >= 0.3 is 0 Å². The predicted octanol–water partition coefficient (Wildman–Crippen LogP) is 2.37. The minimum atomic E-state index is -0.585. The summed E-state index contributed by atoms with van der Waals surface area (Å²) in [5.41, 5.74) is 3.99. The average molecular weight is 312 g/mol. The van der Waals surface area contributed by atoms with Crippen molar-refractivity contribution in [3.63, 3.8) is 0 Å². The van der Waals surface area contributed by atoms with Crippen molar-refractivity contribution in [2.45, 2.75) is 33.2 Å². The molecule has 120 valence electrons. The highest BCUT2D eigenvalue weighted by atomic mass is 16.2. The van der Waals surface area contributed by atoms with E-state index in [4.69, 9.17) is 0 Å². The summed E-state index contributed by atoms with van der Waals surface area (Å²) in [5, 5.41) is 8.64. The summed E-state index contributed by atoms with van der Waals surface area (Å²) in [6.07, 6.45) is 2.78. The number of benzene rings is 1. The number of nitrogens with zero attached hydrogens (tertiary/aromatic N) is 3. The fourth-order valence-electron chi connectivity index (χ4n) is 1.94. The first-order valence-corrected chi connectivity index (χ1v) is 7.28. The lowest BCUT2D eigenvalue weighted by molar-refractivity contribution is 0.0358. The van der Waals surface area contributed by atoms with Crippen LogP contribution in [0.1, 0.15) is 47.1 Å². The van der Waals surface area contributed by atoms with E-state index in [1.165, 1.54) is 17.4 Å². The van der Waals surface area contributed by atoms with Gasteiger partial charge in [-0.05, 0) is 45.9 Å². The monoisotopic (exact) mass is 312 g/mol. The highest BCUT2D eigenvalue weighted by molar-refractivity contribution is 5.99. The molecule has 2 rings (SSSR count). The van der Waals surface area contributed by atoms with E-state index in [1.54, 1.807) is 18.2 Å². The molecule has 0 saturated heterocycles. The minimum Gasteiger partial charge on any atom is -0.267 e. The van der Waals surface area contributed by atoms with E-state index in [1.807, 2.05) is 39.8 Å². The van der Waals surface area contributed by atoms with E-state index >= 15 is 0 Å². The molecule has 0 atom stereocenters. The summed E-state index contributed by atoms with van der Waals surface area (Å²) in [6.45, 7) is 7.51. The molecule has 0 aliphatic carbocycles. The Bertz CT molecular complexity index is 691. The second-order valence-corrected chi connectivity index (χ2v) is 6.25. The van der Waals surface area contributed by atoms with Crippen LogP contribution in [-0.4, -0.2) is 32.6 Å². The number of hydrazine groups is 1. The lowest BCUT2D eigenvalue weighted by Crippen LogP contribution is -2.55. The molecule has 0 bridgehead atoms. The fourth-order valence-corrected chi connectivity index (χ4v) is 1.94. The van der Waals surface area contributed by atoms with Gasteiger partial charge < -0.3 is 0 Å². The molecule has 23 heavy (non-hydrogen) atoms. The van der Waals surface area contributed by atoms with E-state index < -0.39 is 11.4 Å². The maximum Gasteiger partial charge on any atom is 0.272 e. The zero-order valence-corrected chi connectivity index (χ0v) is 13.7. The Balaban J connectivity index is 2.26. The van der Waals surface area contributed by atoms with Crippen molar-refractivity contribution in [1.29, 1.82) is 0 Å². The van der Waals surface area contributed by atoms with E-state index in [9.17, 15) is 9.59 Å². The molecule has 0 radical (unpaired) electrons. The summed E-state index contributed by atoms with van der Waals surface area (Å²) >= 11 is 0. The number of amides is 2. The number of nitrogens with one attached hydrogen (secondary N) is 1. The van der Waals surface area contributed by atoms with Crippen molar-refractivity contribution >= 4 is 11.8 Å². The molecule has 0 aliphatic rings. The molecule has 6 nitrogen and oxygen atoms in total. The van der Waals surface area contributed by atoms with Gasteiger partial charge in [0, 0.05) is 5.56 Å². The normalized spacial score (nSPS) is 11.0. The van der Waals surface area contributed by atoms with Crippen LogP contribution in [0.2, 0.25) is 0 Å². The van der Waals surface area contributed by atoms with Crippen LogP contribution in [0.15, 0.2) is 42.7 Å². The van der Waals surface area contributed by atoms with Gasteiger partial charge in [-0.15, -0.1) is 0 Å². The molecule has 6 heteroatoms. The Morgan fingerprint density at radius 2 is 1.65 bits per heavy atom. The number of carbonyl (C=O) groups is 2. The van der Waals surface area contributed by atoms with Crippen molar-refractivity contribution in [2.24, 2.45) is 0 Å². The van der Waals surface area contributed by atoms with Gasteiger partial charge in [0.1, 0.15) is 0 Å². The topological polar surface area (TPSA) is 75.2 Å². The van der Waals surface area contributed by atoms with Gasteiger partial charge in [-0.2, -0.15) is 10.2 Å². The third kappa shape index (κ3) is 4.12. The lowest BCUT2D eigenvalue weighted by atomic mass is 10.1. The van der Waals surface area contributed by atoms with Crippen LogP contribution in [0.3, 0.4) is 0 Å². The molecule has 2 amide bonds. The molecule has 1 heterocycles. The van der Waals surface area contributed by atoms with Crippen molar-refractivity contribution in [2.75, 3.05) is 0 Å². The fraction of sp³-hybridized carbons (Fsp3) is 0.294. The summed E-state index contributed by atoms with van der Waals surface area (Å²) in [7, 11) is 0. The van der Waals surface area contributed by atoms with Gasteiger partial charge in [-0.25, -0.2) is 5.01 Å². The van der Waals surface area contributed by atoms with Crippen LogP contribution in [0.4, 0.5) is 0 Å². The highest BCUT2D eigenvalue weighted by Gasteiger charge is 2.29. The van der Waals surface area contributed by atoms with E-state index in [-0.39, 0.29) is 5.91 Å². The number of carbonyl (C=O) groups excluding carboxylic acids is 2. The zero-order chi connectivity index (χ0) is 17.0. The van der Waals surface area contributed by atoms with Crippen LogP contribution in [-0.2, 0) is 0 Å². The number of aryl methyl sites for hydroxylation is 1. The first kappa shape index (κ1) is 16.6. The van der Waals surface area contributed by atoms with Gasteiger partial charge in [-0.3, -0.25) is 15.0 Å². The van der Waals surface area contributed by atoms with E-state index in [0.717, 1.165) is 5.56 Å². The van der Waals surface area contributed by atoms with Crippen LogP contribution in [0.5, 0.6) is 0 Å². The maximum absolute atomic E-state index is 12.8. The quantitative estimate of drug-likeness (QED) is 0.864. The standard InChI is InChI=1S/C17H20N4O2/c1-12-5-7-13(8-6-12)16(23)21(17(2,3)4)20-15(22)14-9-10-18-19-11-14/h5-11H,1-4H3,(H,20,22). The van der Waals surface area contributed by atoms with Crippen molar-refractivity contribution in [3.8, 4) is 0 Å². The van der Waals surface area contributed by atoms with E-state index in [0.29, 0.717) is 11.1 Å². The second kappa shape index (κ2) is 6.56. The van der Waals surface area contributed by atoms with Gasteiger partial charge in [0.25, 0.3) is 11.8 Å². The van der Waals surface area contributed by atoms with Gasteiger partial charge in [-0.1, -0.05) is 17.7 Å². The van der Waals surface area contributed by atoms with Crippen LogP contribution in [0, 0.1) is 6.92 Å². The number of rotatable bonds is 2. The van der Waals surface area contributed by atoms with Gasteiger partial charge in [0.15, 0.2) is 0 Å². The Labute approximate surface area is 135 Å². The molecule has 2 aromatic rings. The Morgan fingerprint density at radius 1 is 1.00 bits per heavy atom. The Hall–Kier alpha value is -2.76. The first-order valence-electron chi connectivity index (χ1n) is 7.28. The largest absolute Gasteiger partial charge is 0.272 e. The zero-order valence-electron chi connectivity index (χ0n) is 13.7. The molecule has 0 unspecified atom stereocenters. The molecule has 1 aromatic carbocycles. The Morgan fingerprint density at radius 3 is 2.17 bits per heavy atom. The average Bonchev–Trinajstić information content (AvgIpc) is 2.52. The van der Waals surface area contributed by atoms with E-state index in [2.05, 4.69) is 15.6 Å².